The van der Waals surface area contributed by atoms with Crippen LogP contribution in [0.25, 0.3) is 0 Å². The minimum absolute atomic E-state index is 0.0191. The van der Waals surface area contributed by atoms with Gasteiger partial charge in [-0.1, -0.05) is 17.7 Å². The maximum Gasteiger partial charge on any atom is 0.249 e. The molecule has 2 heterocycles. The number of hydrogen-bond donors (Lipinski definition) is 0. The molecule has 7 heteroatoms. The van der Waals surface area contributed by atoms with E-state index >= 15 is 0 Å². The summed E-state index contributed by atoms with van der Waals surface area (Å²) in [6.07, 6.45) is 0.820. The van der Waals surface area contributed by atoms with Crippen LogP contribution < -0.4 is 4.74 Å². The van der Waals surface area contributed by atoms with E-state index in [0.29, 0.717) is 13.2 Å². The molecule has 0 bridgehead atoms. The summed E-state index contributed by atoms with van der Waals surface area (Å²) >= 11 is 1.72. The molecule has 174 valence electrons. The van der Waals surface area contributed by atoms with Gasteiger partial charge in [0.2, 0.25) is 11.8 Å². The van der Waals surface area contributed by atoms with Gasteiger partial charge in [-0.15, -0.1) is 11.3 Å². The third-order valence-electron chi connectivity index (χ3n) is 5.81. The molecule has 32 heavy (non-hydrogen) atoms. The zero-order valence-electron chi connectivity index (χ0n) is 19.9. The molecule has 1 aliphatic rings. The van der Waals surface area contributed by atoms with Gasteiger partial charge in [-0.2, -0.15) is 0 Å². The molecule has 0 unspecified atom stereocenters. The summed E-state index contributed by atoms with van der Waals surface area (Å²) in [6.45, 7) is 10.9. The van der Waals surface area contributed by atoms with Gasteiger partial charge < -0.3 is 19.3 Å². The quantitative estimate of drug-likeness (QED) is 0.626. The number of nitrogens with zero attached hydrogens (tertiary/aromatic N) is 2. The van der Waals surface area contributed by atoms with Gasteiger partial charge >= 0.3 is 0 Å². The topological polar surface area (TPSA) is 59.1 Å². The number of fused-ring (bicyclic) bond motifs is 1. The molecular weight excluding hydrogens is 424 g/mol. The third-order valence-corrected chi connectivity index (χ3v) is 6.81. The minimum atomic E-state index is -0.486. The molecule has 1 aromatic heterocycles. The first kappa shape index (κ1) is 24.3. The number of hydrogen-bond acceptors (Lipinski definition) is 5. The van der Waals surface area contributed by atoms with Gasteiger partial charge in [0.25, 0.3) is 0 Å². The van der Waals surface area contributed by atoms with E-state index in [-0.39, 0.29) is 31.0 Å². The van der Waals surface area contributed by atoms with Crippen molar-refractivity contribution >= 4 is 23.2 Å². The normalized spacial score (nSPS) is 15.9. The summed E-state index contributed by atoms with van der Waals surface area (Å²) in [4.78, 5) is 30.9. The molecule has 1 atom stereocenters. The van der Waals surface area contributed by atoms with Crippen molar-refractivity contribution in [1.82, 2.24) is 9.80 Å². The standard InChI is InChI=1S/C25H34N2O4S/c1-17-7-8-21(18(2)13-17)31-15-20-19-10-12-32-22(19)9-11-26(20)23(28)14-27(25(3,4)5)24(29)16-30-6/h7-8,10,12-13,20H,9,11,14-16H2,1-6H3/t20-/m1/s1. The SMILES string of the molecule is COCC(=O)N(CC(=O)N1CCc2sccc2[C@H]1COc1ccc(C)cc1C)C(C)(C)C. The number of thiophene rings is 1. The predicted octanol–water partition coefficient (Wildman–Crippen LogP) is 4.14. The van der Waals surface area contributed by atoms with E-state index in [1.807, 2.05) is 44.7 Å². The first-order valence-corrected chi connectivity index (χ1v) is 11.8. The molecule has 0 aliphatic carbocycles. The summed E-state index contributed by atoms with van der Waals surface area (Å²) < 4.78 is 11.2. The highest BCUT2D eigenvalue weighted by Gasteiger charge is 2.35. The Morgan fingerprint density at radius 1 is 1.22 bits per heavy atom. The van der Waals surface area contributed by atoms with E-state index in [1.54, 1.807) is 16.2 Å². The monoisotopic (exact) mass is 458 g/mol. The first-order valence-electron chi connectivity index (χ1n) is 11.0. The number of benzene rings is 1. The van der Waals surface area contributed by atoms with Crippen LogP contribution in [0.1, 0.15) is 48.4 Å². The van der Waals surface area contributed by atoms with Crippen LogP contribution >= 0.6 is 11.3 Å². The van der Waals surface area contributed by atoms with E-state index in [1.165, 1.54) is 17.6 Å². The van der Waals surface area contributed by atoms with Gasteiger partial charge in [0, 0.05) is 24.1 Å². The van der Waals surface area contributed by atoms with Gasteiger partial charge in [-0.3, -0.25) is 9.59 Å². The van der Waals surface area contributed by atoms with Crippen LogP contribution in [-0.4, -0.2) is 60.6 Å². The number of rotatable bonds is 7. The van der Waals surface area contributed by atoms with Gasteiger partial charge in [-0.25, -0.2) is 0 Å². The van der Waals surface area contributed by atoms with Crippen LogP contribution in [0.3, 0.4) is 0 Å². The summed E-state index contributed by atoms with van der Waals surface area (Å²) in [7, 11) is 1.49. The fourth-order valence-corrected chi connectivity index (χ4v) is 5.06. The molecule has 0 saturated heterocycles. The van der Waals surface area contributed by atoms with Crippen molar-refractivity contribution in [3.63, 3.8) is 0 Å². The van der Waals surface area contributed by atoms with Gasteiger partial charge in [0.1, 0.15) is 25.5 Å². The Kier molecular flexibility index (Phi) is 7.62. The zero-order chi connectivity index (χ0) is 23.5. The van der Waals surface area contributed by atoms with Crippen LogP contribution in [0.5, 0.6) is 5.75 Å². The maximum atomic E-state index is 13.5. The number of carbonyl (C=O) groups is 2. The molecule has 6 nitrogen and oxygen atoms in total. The molecule has 2 aromatic rings. The average Bonchev–Trinajstić information content (AvgIpc) is 3.19. The molecule has 0 spiro atoms. The van der Waals surface area contributed by atoms with Crippen LogP contribution in [0.15, 0.2) is 29.6 Å². The molecular formula is C25H34N2O4S. The van der Waals surface area contributed by atoms with Crippen LogP contribution in [-0.2, 0) is 20.7 Å². The lowest BCUT2D eigenvalue weighted by atomic mass is 9.99. The molecule has 0 N–H and O–H groups in total. The molecule has 1 aliphatic heterocycles. The summed E-state index contributed by atoms with van der Waals surface area (Å²) in [5, 5.41) is 2.08. The van der Waals surface area contributed by atoms with Crippen molar-refractivity contribution in [2.45, 2.75) is 52.6 Å². The molecule has 1 aromatic carbocycles. The number of aryl methyl sites for hydroxylation is 2. The lowest BCUT2D eigenvalue weighted by Crippen LogP contribution is -2.53. The van der Waals surface area contributed by atoms with Crippen LogP contribution in [0, 0.1) is 13.8 Å². The Morgan fingerprint density at radius 2 is 1.97 bits per heavy atom. The second-order valence-corrected chi connectivity index (χ2v) is 10.3. The molecule has 0 fully saturated rings. The van der Waals surface area contributed by atoms with Crippen molar-refractivity contribution in [3.8, 4) is 5.75 Å². The Bertz CT molecular complexity index is 963. The first-order chi connectivity index (χ1) is 15.1. The van der Waals surface area contributed by atoms with Gasteiger partial charge in [0.05, 0.1) is 6.04 Å². The minimum Gasteiger partial charge on any atom is -0.491 e. The Balaban J connectivity index is 1.81. The fourth-order valence-electron chi connectivity index (χ4n) is 4.13. The number of carbonyl (C=O) groups excluding carboxylic acids is 2. The highest BCUT2D eigenvalue weighted by atomic mass is 32.1. The van der Waals surface area contributed by atoms with Crippen molar-refractivity contribution in [2.75, 3.05) is 33.4 Å². The number of amides is 2. The van der Waals surface area contributed by atoms with Crippen molar-refractivity contribution in [2.24, 2.45) is 0 Å². The number of ether oxygens (including phenoxy) is 2. The largest absolute Gasteiger partial charge is 0.491 e. The van der Waals surface area contributed by atoms with Crippen molar-refractivity contribution in [3.05, 3.63) is 51.2 Å². The van der Waals surface area contributed by atoms with E-state index in [9.17, 15) is 9.59 Å². The summed E-state index contributed by atoms with van der Waals surface area (Å²) in [5.74, 6) is 0.567. The smallest absolute Gasteiger partial charge is 0.249 e. The molecule has 3 rings (SSSR count). The predicted molar refractivity (Wildman–Crippen MR) is 127 cm³/mol. The third kappa shape index (κ3) is 5.51. The molecule has 2 amide bonds. The van der Waals surface area contributed by atoms with Crippen LogP contribution in [0.4, 0.5) is 0 Å². The molecule has 0 radical (unpaired) electrons. The summed E-state index contributed by atoms with van der Waals surface area (Å²) in [6, 6.07) is 8.02. The van der Waals surface area contributed by atoms with E-state index < -0.39 is 5.54 Å². The Hall–Kier alpha value is -2.38. The lowest BCUT2D eigenvalue weighted by molar-refractivity contribution is -0.148. The summed E-state index contributed by atoms with van der Waals surface area (Å²) in [5.41, 5.74) is 2.92. The molecule has 0 saturated carbocycles. The maximum absolute atomic E-state index is 13.5. The van der Waals surface area contributed by atoms with Gasteiger partial charge in [0.15, 0.2) is 0 Å². The fraction of sp³-hybridized carbons (Fsp3) is 0.520. The van der Waals surface area contributed by atoms with Crippen molar-refractivity contribution in [1.29, 1.82) is 0 Å². The van der Waals surface area contributed by atoms with E-state index in [2.05, 4.69) is 24.4 Å². The van der Waals surface area contributed by atoms with Gasteiger partial charge in [-0.05, 0) is 69.7 Å². The van der Waals surface area contributed by atoms with Crippen LogP contribution in [0.2, 0.25) is 0 Å². The highest BCUT2D eigenvalue weighted by Crippen LogP contribution is 2.34. The lowest BCUT2D eigenvalue weighted by Gasteiger charge is -2.40. The van der Waals surface area contributed by atoms with E-state index in [4.69, 9.17) is 9.47 Å². The van der Waals surface area contributed by atoms with Crippen molar-refractivity contribution < 1.29 is 19.1 Å². The second-order valence-electron chi connectivity index (χ2n) is 9.32. The second kappa shape index (κ2) is 10.0. The average molecular weight is 459 g/mol. The zero-order valence-corrected chi connectivity index (χ0v) is 20.8. The van der Waals surface area contributed by atoms with E-state index in [0.717, 1.165) is 23.3 Å². The highest BCUT2D eigenvalue weighted by molar-refractivity contribution is 7.10. The Morgan fingerprint density at radius 3 is 2.62 bits per heavy atom. The number of methoxy groups -OCH3 is 1. The Labute approximate surface area is 195 Å².